The van der Waals surface area contributed by atoms with E-state index >= 15 is 0 Å². The highest BCUT2D eigenvalue weighted by Gasteiger charge is 2.13. The topological polar surface area (TPSA) is 50.7 Å². The Labute approximate surface area is 161 Å². The third-order valence-corrected chi connectivity index (χ3v) is 5.45. The number of hydrazone groups is 1. The fourth-order valence-electron chi connectivity index (χ4n) is 2.06. The molecule has 0 heterocycles. The Balaban J connectivity index is 1.90. The minimum atomic E-state index is -0.181. The molecular formula is C19H21BrN2O2S. The summed E-state index contributed by atoms with van der Waals surface area (Å²) in [5.41, 5.74) is 5.50. The highest BCUT2D eigenvalue weighted by atomic mass is 79.9. The summed E-state index contributed by atoms with van der Waals surface area (Å²) in [7, 11) is 1.62. The number of nitrogens with zero attached hydrogens (tertiary/aromatic N) is 1. The molecule has 132 valence electrons. The van der Waals surface area contributed by atoms with Crippen LogP contribution in [0.15, 0.2) is 58.1 Å². The highest BCUT2D eigenvalue weighted by molar-refractivity contribution is 9.10. The maximum absolute atomic E-state index is 12.2. The first-order valence-electron chi connectivity index (χ1n) is 7.85. The van der Waals surface area contributed by atoms with Crippen LogP contribution in [0, 0.1) is 0 Å². The van der Waals surface area contributed by atoms with Crippen molar-refractivity contribution in [2.24, 2.45) is 5.10 Å². The molecule has 0 aliphatic heterocycles. The molecule has 1 atom stereocenters. The summed E-state index contributed by atoms with van der Waals surface area (Å²) in [6.07, 6.45) is 0. The van der Waals surface area contributed by atoms with Crippen LogP contribution < -0.4 is 10.2 Å². The van der Waals surface area contributed by atoms with Gasteiger partial charge in [0.1, 0.15) is 5.75 Å². The third-order valence-electron chi connectivity index (χ3n) is 3.62. The molecule has 2 aromatic carbocycles. The molecule has 6 heteroatoms. The molecule has 1 amide bonds. The van der Waals surface area contributed by atoms with Crippen LogP contribution in [0.25, 0.3) is 0 Å². The van der Waals surface area contributed by atoms with Crippen molar-refractivity contribution in [2.45, 2.75) is 24.9 Å². The second-order valence-corrected chi connectivity index (χ2v) is 7.64. The number of amides is 1. The predicted molar refractivity (Wildman–Crippen MR) is 108 cm³/mol. The monoisotopic (exact) mass is 420 g/mol. The van der Waals surface area contributed by atoms with Crippen molar-refractivity contribution in [3.05, 3.63) is 64.1 Å². The van der Waals surface area contributed by atoms with Crippen molar-refractivity contribution >= 4 is 39.3 Å². The largest absolute Gasteiger partial charge is 0.496 e. The molecule has 0 bridgehead atoms. The van der Waals surface area contributed by atoms with Crippen molar-refractivity contribution in [3.63, 3.8) is 0 Å². The summed E-state index contributed by atoms with van der Waals surface area (Å²) < 4.78 is 6.06. The molecule has 1 unspecified atom stereocenters. The number of carbonyl (C=O) groups is 1. The molecule has 25 heavy (non-hydrogen) atoms. The van der Waals surface area contributed by atoms with Crippen molar-refractivity contribution in [1.29, 1.82) is 0 Å². The molecule has 0 fully saturated rings. The lowest BCUT2D eigenvalue weighted by molar-refractivity contribution is -0.120. The molecule has 2 aromatic rings. The van der Waals surface area contributed by atoms with E-state index in [4.69, 9.17) is 4.74 Å². The van der Waals surface area contributed by atoms with E-state index in [2.05, 4.69) is 38.6 Å². The normalized spacial score (nSPS) is 12.6. The number of rotatable bonds is 7. The Morgan fingerprint density at radius 1 is 1.28 bits per heavy atom. The quantitative estimate of drug-likeness (QED) is 0.524. The fraction of sp³-hybridized carbons (Fsp3) is 0.263. The van der Waals surface area contributed by atoms with Gasteiger partial charge >= 0.3 is 0 Å². The van der Waals surface area contributed by atoms with Gasteiger partial charge in [0.25, 0.3) is 5.91 Å². The van der Waals surface area contributed by atoms with Crippen LogP contribution in [0.5, 0.6) is 5.75 Å². The van der Waals surface area contributed by atoms with Gasteiger partial charge in [-0.2, -0.15) is 5.10 Å². The number of benzene rings is 2. The smallest absolute Gasteiger partial charge is 0.252 e. The van der Waals surface area contributed by atoms with Crippen LogP contribution in [-0.4, -0.2) is 24.0 Å². The fourth-order valence-corrected chi connectivity index (χ4v) is 3.44. The molecule has 0 radical (unpaired) electrons. The Kier molecular flexibility index (Phi) is 7.52. The summed E-state index contributed by atoms with van der Waals surface area (Å²) in [5, 5.41) is 4.03. The molecule has 0 aliphatic rings. The van der Waals surface area contributed by atoms with Crippen LogP contribution in [0.3, 0.4) is 0 Å². The summed E-state index contributed by atoms with van der Waals surface area (Å²) >= 11 is 5.04. The van der Waals surface area contributed by atoms with E-state index in [9.17, 15) is 4.79 Å². The van der Waals surface area contributed by atoms with Crippen LogP contribution in [-0.2, 0) is 10.5 Å². The number of methoxy groups -OCH3 is 1. The van der Waals surface area contributed by atoms with Gasteiger partial charge in [-0.3, -0.25) is 4.79 Å². The zero-order valence-electron chi connectivity index (χ0n) is 14.5. The van der Waals surface area contributed by atoms with Gasteiger partial charge in [-0.1, -0.05) is 30.3 Å². The van der Waals surface area contributed by atoms with Gasteiger partial charge in [-0.25, -0.2) is 5.43 Å². The number of nitrogens with one attached hydrogen (secondary N) is 1. The van der Waals surface area contributed by atoms with E-state index < -0.39 is 0 Å². The summed E-state index contributed by atoms with van der Waals surface area (Å²) in [6, 6.07) is 15.8. The minimum Gasteiger partial charge on any atom is -0.496 e. The molecule has 0 aromatic heterocycles. The van der Waals surface area contributed by atoms with Gasteiger partial charge in [0, 0.05) is 5.75 Å². The Bertz CT molecular complexity index is 750. The molecule has 0 saturated carbocycles. The van der Waals surface area contributed by atoms with Gasteiger partial charge in [0.05, 0.1) is 22.5 Å². The number of halogens is 1. The lowest BCUT2D eigenvalue weighted by atomic mass is 10.1. The van der Waals surface area contributed by atoms with Crippen molar-refractivity contribution in [1.82, 2.24) is 5.43 Å². The van der Waals surface area contributed by atoms with Crippen LogP contribution in [0.2, 0.25) is 0 Å². The highest BCUT2D eigenvalue weighted by Crippen LogP contribution is 2.25. The van der Waals surface area contributed by atoms with E-state index in [-0.39, 0.29) is 11.2 Å². The first-order chi connectivity index (χ1) is 12.0. The molecule has 2 rings (SSSR count). The van der Waals surface area contributed by atoms with Crippen LogP contribution in [0.1, 0.15) is 25.0 Å². The van der Waals surface area contributed by atoms with Crippen LogP contribution >= 0.6 is 27.7 Å². The number of hydrogen-bond donors (Lipinski definition) is 1. The number of thioether (sulfide) groups is 1. The summed E-state index contributed by atoms with van der Waals surface area (Å²) in [4.78, 5) is 12.2. The first kappa shape index (κ1) is 19.5. The molecule has 1 N–H and O–H groups in total. The number of ether oxygens (including phenoxy) is 1. The Morgan fingerprint density at radius 3 is 2.64 bits per heavy atom. The second kappa shape index (κ2) is 9.63. The first-order valence-corrected chi connectivity index (χ1v) is 9.69. The van der Waals surface area contributed by atoms with E-state index in [1.165, 1.54) is 5.56 Å². The van der Waals surface area contributed by atoms with Crippen molar-refractivity contribution in [3.8, 4) is 5.75 Å². The zero-order valence-corrected chi connectivity index (χ0v) is 16.9. The van der Waals surface area contributed by atoms with Gasteiger partial charge in [0.2, 0.25) is 0 Å². The van der Waals surface area contributed by atoms with Crippen molar-refractivity contribution < 1.29 is 9.53 Å². The van der Waals surface area contributed by atoms with Gasteiger partial charge in [-0.15, -0.1) is 11.8 Å². The van der Waals surface area contributed by atoms with Gasteiger partial charge in [-0.05, 0) is 59.1 Å². The minimum absolute atomic E-state index is 0.104. The predicted octanol–water partition coefficient (Wildman–Crippen LogP) is 4.62. The van der Waals surface area contributed by atoms with E-state index in [0.29, 0.717) is 0 Å². The average Bonchev–Trinajstić information content (AvgIpc) is 2.64. The SMILES string of the molecule is COc1ccc(C(C)=NNC(=O)C(C)SCc2ccccc2)cc1Br. The van der Waals surface area contributed by atoms with E-state index in [1.54, 1.807) is 18.9 Å². The zero-order chi connectivity index (χ0) is 18.2. The molecule has 0 aliphatic carbocycles. The lowest BCUT2D eigenvalue weighted by Crippen LogP contribution is -2.27. The number of carbonyl (C=O) groups excluding carboxylic acids is 1. The number of hydrogen-bond acceptors (Lipinski definition) is 4. The van der Waals surface area contributed by atoms with E-state index in [0.717, 1.165) is 27.3 Å². The molecular weight excluding hydrogens is 400 g/mol. The maximum Gasteiger partial charge on any atom is 0.252 e. The van der Waals surface area contributed by atoms with E-state index in [1.807, 2.05) is 50.2 Å². The second-order valence-electron chi connectivity index (χ2n) is 5.46. The van der Waals surface area contributed by atoms with Crippen molar-refractivity contribution in [2.75, 3.05) is 7.11 Å². The summed E-state index contributed by atoms with van der Waals surface area (Å²) in [6.45, 7) is 3.74. The van der Waals surface area contributed by atoms with Gasteiger partial charge in [0.15, 0.2) is 0 Å². The Morgan fingerprint density at radius 2 is 2.00 bits per heavy atom. The molecule has 4 nitrogen and oxygen atoms in total. The average molecular weight is 421 g/mol. The Hall–Kier alpha value is -1.79. The van der Waals surface area contributed by atoms with Gasteiger partial charge < -0.3 is 4.74 Å². The lowest BCUT2D eigenvalue weighted by Gasteiger charge is -2.10. The summed E-state index contributed by atoms with van der Waals surface area (Å²) in [5.74, 6) is 1.45. The van der Waals surface area contributed by atoms with Crippen LogP contribution in [0.4, 0.5) is 0 Å². The molecule has 0 spiro atoms. The third kappa shape index (κ3) is 5.90. The molecule has 0 saturated heterocycles. The standard InChI is InChI=1S/C19H21BrN2O2S/c1-13(16-9-10-18(24-3)17(20)11-16)21-22-19(23)14(2)25-12-15-7-5-4-6-8-15/h4-11,14H,12H2,1-3H3,(H,22,23). The maximum atomic E-state index is 12.2.